The van der Waals surface area contributed by atoms with Gasteiger partial charge in [-0.3, -0.25) is 4.79 Å². The fraction of sp³-hybridized carbons (Fsp3) is 0.458. The molecule has 0 radical (unpaired) electrons. The van der Waals surface area contributed by atoms with Crippen molar-refractivity contribution in [1.82, 2.24) is 9.88 Å². The third-order valence-corrected chi connectivity index (χ3v) is 6.31. The summed E-state index contributed by atoms with van der Waals surface area (Å²) in [6.45, 7) is 8.26. The Morgan fingerprint density at radius 2 is 2.03 bits per heavy atom. The number of pyridine rings is 1. The van der Waals surface area contributed by atoms with Crippen molar-refractivity contribution < 1.29 is 19.1 Å². The highest BCUT2D eigenvalue weighted by molar-refractivity contribution is 5.97. The maximum atomic E-state index is 13.5. The van der Waals surface area contributed by atoms with Crippen LogP contribution in [0.2, 0.25) is 0 Å². The Hall–Kier alpha value is -2.73. The van der Waals surface area contributed by atoms with E-state index >= 15 is 0 Å². The minimum atomic E-state index is -1.19. The lowest BCUT2D eigenvalue weighted by Gasteiger charge is -2.49. The molecular weight excluding hydrogens is 380 g/mol. The average molecular weight is 406 g/mol. The molecule has 0 bridgehead atoms. The summed E-state index contributed by atoms with van der Waals surface area (Å²) in [5.41, 5.74) is 1.78. The maximum Gasteiger partial charge on any atom is 0.339 e. The summed E-state index contributed by atoms with van der Waals surface area (Å²) in [7, 11) is 0. The van der Waals surface area contributed by atoms with Gasteiger partial charge in [0.25, 0.3) is 0 Å². The first-order valence-corrected chi connectivity index (χ1v) is 10.5. The van der Waals surface area contributed by atoms with Crippen LogP contribution in [0.1, 0.15) is 45.4 Å². The SMILES string of the molecule is CC[C@@]1(OC(C)(C)C)C(=O)OCC2C(=O)N3Cc4cc5ccccc5nc4C3=CC21. The zero-order valence-electron chi connectivity index (χ0n) is 17.8. The number of esters is 1. The quantitative estimate of drug-likeness (QED) is 0.712. The van der Waals surface area contributed by atoms with Crippen LogP contribution in [-0.4, -0.2) is 39.6 Å². The van der Waals surface area contributed by atoms with Gasteiger partial charge in [0.1, 0.15) is 6.61 Å². The molecule has 2 unspecified atom stereocenters. The summed E-state index contributed by atoms with van der Waals surface area (Å²) in [4.78, 5) is 33.1. The highest BCUT2D eigenvalue weighted by Gasteiger charge is 2.59. The second kappa shape index (κ2) is 6.38. The van der Waals surface area contributed by atoms with E-state index in [9.17, 15) is 9.59 Å². The molecule has 3 aliphatic rings. The Morgan fingerprint density at radius 1 is 1.27 bits per heavy atom. The van der Waals surface area contributed by atoms with Crippen molar-refractivity contribution in [2.75, 3.05) is 6.61 Å². The number of nitrogens with zero attached hydrogens (tertiary/aromatic N) is 2. The van der Waals surface area contributed by atoms with E-state index in [0.29, 0.717) is 13.0 Å². The summed E-state index contributed by atoms with van der Waals surface area (Å²) >= 11 is 0. The second-order valence-corrected chi connectivity index (χ2v) is 9.35. The highest BCUT2D eigenvalue weighted by Crippen LogP contribution is 2.48. The van der Waals surface area contributed by atoms with Crippen LogP contribution in [0.4, 0.5) is 0 Å². The van der Waals surface area contributed by atoms with E-state index in [0.717, 1.165) is 27.9 Å². The average Bonchev–Trinajstić information content (AvgIpc) is 3.06. The molecule has 30 heavy (non-hydrogen) atoms. The van der Waals surface area contributed by atoms with E-state index in [4.69, 9.17) is 14.5 Å². The molecule has 0 N–H and O–H groups in total. The Balaban J connectivity index is 1.67. The number of aromatic nitrogens is 1. The minimum Gasteiger partial charge on any atom is -0.463 e. The molecule has 1 amide bonds. The minimum absolute atomic E-state index is 0.0256. The Morgan fingerprint density at radius 3 is 2.77 bits per heavy atom. The number of cyclic esters (lactones) is 1. The fourth-order valence-corrected chi connectivity index (χ4v) is 5.06. The first-order chi connectivity index (χ1) is 14.2. The maximum absolute atomic E-state index is 13.5. The number of hydrogen-bond donors (Lipinski definition) is 0. The molecule has 6 heteroatoms. The molecule has 1 aromatic heterocycles. The summed E-state index contributed by atoms with van der Waals surface area (Å²) in [6, 6.07) is 10.1. The lowest BCUT2D eigenvalue weighted by Crippen LogP contribution is -2.62. The normalized spacial score (nSPS) is 28.0. The van der Waals surface area contributed by atoms with Gasteiger partial charge in [0.2, 0.25) is 5.91 Å². The fourth-order valence-electron chi connectivity index (χ4n) is 5.06. The number of carbonyl (C=O) groups is 2. The Kier molecular flexibility index (Phi) is 4.09. The van der Waals surface area contributed by atoms with Crippen LogP contribution in [0.5, 0.6) is 0 Å². The molecule has 6 nitrogen and oxygen atoms in total. The number of rotatable bonds is 2. The van der Waals surface area contributed by atoms with E-state index in [2.05, 4.69) is 6.07 Å². The molecule has 1 aromatic carbocycles. The van der Waals surface area contributed by atoms with Crippen molar-refractivity contribution >= 4 is 28.5 Å². The van der Waals surface area contributed by atoms with Crippen LogP contribution in [0.3, 0.4) is 0 Å². The van der Waals surface area contributed by atoms with E-state index in [1.54, 1.807) is 4.90 Å². The van der Waals surface area contributed by atoms with Crippen LogP contribution in [-0.2, 0) is 25.6 Å². The van der Waals surface area contributed by atoms with Crippen molar-refractivity contribution in [3.05, 3.63) is 47.7 Å². The van der Waals surface area contributed by atoms with Gasteiger partial charge < -0.3 is 14.4 Å². The first-order valence-electron chi connectivity index (χ1n) is 10.5. The van der Waals surface area contributed by atoms with Gasteiger partial charge in [-0.05, 0) is 39.3 Å². The molecular formula is C24H26N2O4. The van der Waals surface area contributed by atoms with E-state index in [1.165, 1.54) is 0 Å². The van der Waals surface area contributed by atoms with Gasteiger partial charge in [0, 0.05) is 16.9 Å². The van der Waals surface area contributed by atoms with Crippen LogP contribution in [0, 0.1) is 11.8 Å². The van der Waals surface area contributed by atoms with Gasteiger partial charge in [-0.15, -0.1) is 0 Å². The van der Waals surface area contributed by atoms with Crippen molar-refractivity contribution in [2.24, 2.45) is 11.8 Å². The van der Waals surface area contributed by atoms with Gasteiger partial charge in [-0.25, -0.2) is 9.78 Å². The smallest absolute Gasteiger partial charge is 0.339 e. The molecule has 3 atom stereocenters. The van der Waals surface area contributed by atoms with Gasteiger partial charge in [-0.2, -0.15) is 0 Å². The number of carbonyl (C=O) groups excluding carboxylic acids is 2. The molecule has 2 aromatic rings. The number of hydrogen-bond acceptors (Lipinski definition) is 5. The molecule has 0 saturated carbocycles. The lowest BCUT2D eigenvalue weighted by molar-refractivity contribution is -0.221. The van der Waals surface area contributed by atoms with E-state index in [1.807, 2.05) is 58.0 Å². The van der Waals surface area contributed by atoms with Crippen LogP contribution >= 0.6 is 0 Å². The summed E-state index contributed by atoms with van der Waals surface area (Å²) in [5.74, 6) is -1.25. The predicted octanol–water partition coefficient (Wildman–Crippen LogP) is 3.68. The number of para-hydroxylation sites is 1. The number of fused-ring (bicyclic) bond motifs is 5. The van der Waals surface area contributed by atoms with Gasteiger partial charge in [-0.1, -0.05) is 31.2 Å². The van der Waals surface area contributed by atoms with Gasteiger partial charge in [0.05, 0.1) is 35.0 Å². The third kappa shape index (κ3) is 2.70. The predicted molar refractivity (Wildman–Crippen MR) is 112 cm³/mol. The molecule has 0 spiro atoms. The summed E-state index contributed by atoms with van der Waals surface area (Å²) < 4.78 is 11.8. The van der Waals surface area contributed by atoms with Crippen LogP contribution in [0.15, 0.2) is 36.4 Å². The van der Waals surface area contributed by atoms with Crippen LogP contribution < -0.4 is 0 Å². The third-order valence-electron chi connectivity index (χ3n) is 6.31. The van der Waals surface area contributed by atoms with Crippen molar-refractivity contribution in [3.8, 4) is 0 Å². The first kappa shape index (κ1) is 19.2. The molecule has 1 fully saturated rings. The van der Waals surface area contributed by atoms with E-state index < -0.39 is 17.1 Å². The standard InChI is InChI=1S/C24H26N2O4/c1-5-24(30-23(2,3)4)17-11-19-20-15(10-14-8-6-7-9-18(14)25-20)12-26(19)21(27)16(17)13-29-22(24)28/h6-11,16-17H,5,12-13H2,1-4H3/t16?,17?,24-/m0/s1. The molecule has 5 rings (SSSR count). The van der Waals surface area contributed by atoms with E-state index in [-0.39, 0.29) is 24.4 Å². The second-order valence-electron chi connectivity index (χ2n) is 9.35. The highest BCUT2D eigenvalue weighted by atomic mass is 16.6. The zero-order chi connectivity index (χ0) is 21.3. The van der Waals surface area contributed by atoms with Gasteiger partial charge in [0.15, 0.2) is 5.60 Å². The van der Waals surface area contributed by atoms with Crippen molar-refractivity contribution in [2.45, 2.75) is 51.9 Å². The monoisotopic (exact) mass is 406 g/mol. The molecule has 156 valence electrons. The molecule has 3 aliphatic heterocycles. The summed E-state index contributed by atoms with van der Waals surface area (Å²) in [6.07, 6.45) is 2.47. The summed E-state index contributed by atoms with van der Waals surface area (Å²) in [5, 5.41) is 1.05. The molecule has 1 saturated heterocycles. The lowest BCUT2D eigenvalue weighted by atomic mass is 9.71. The molecule has 4 heterocycles. The Bertz CT molecular complexity index is 1100. The topological polar surface area (TPSA) is 68.7 Å². The largest absolute Gasteiger partial charge is 0.463 e. The zero-order valence-corrected chi connectivity index (χ0v) is 17.8. The van der Waals surface area contributed by atoms with Gasteiger partial charge >= 0.3 is 5.97 Å². The van der Waals surface area contributed by atoms with Crippen molar-refractivity contribution in [1.29, 1.82) is 0 Å². The molecule has 0 aliphatic carbocycles. The number of benzene rings is 1. The van der Waals surface area contributed by atoms with Crippen molar-refractivity contribution in [3.63, 3.8) is 0 Å². The number of ether oxygens (including phenoxy) is 2. The van der Waals surface area contributed by atoms with Crippen LogP contribution in [0.25, 0.3) is 16.6 Å². The number of amides is 1. The Labute approximate surface area is 175 Å².